The van der Waals surface area contributed by atoms with E-state index in [1.165, 1.54) is 0 Å². The summed E-state index contributed by atoms with van der Waals surface area (Å²) >= 11 is 12.3. The van der Waals surface area contributed by atoms with E-state index in [0.29, 0.717) is 23.1 Å². The number of aromatic nitrogens is 1. The summed E-state index contributed by atoms with van der Waals surface area (Å²) in [5.74, 6) is 0.958. The molecule has 0 bridgehead atoms. The van der Waals surface area contributed by atoms with Gasteiger partial charge < -0.3 is 5.11 Å². The molecule has 1 N–H and O–H groups in total. The van der Waals surface area contributed by atoms with Gasteiger partial charge in [0.2, 0.25) is 0 Å². The summed E-state index contributed by atoms with van der Waals surface area (Å²) in [6, 6.07) is 21.4. The van der Waals surface area contributed by atoms with Crippen LogP contribution in [-0.4, -0.2) is 5.11 Å². The lowest BCUT2D eigenvalue weighted by Gasteiger charge is -2.28. The Morgan fingerprint density at radius 3 is 2.48 bits per heavy atom. The van der Waals surface area contributed by atoms with E-state index >= 15 is 0 Å². The Morgan fingerprint density at radius 1 is 0.960 bits per heavy atom. The van der Waals surface area contributed by atoms with Gasteiger partial charge in [-0.1, -0.05) is 65.7 Å². The fourth-order valence-electron chi connectivity index (χ4n) is 3.33. The number of anilines is 1. The van der Waals surface area contributed by atoms with Crippen LogP contribution in [0.3, 0.4) is 0 Å². The topological polar surface area (TPSA) is 27.4 Å². The molecule has 0 radical (unpaired) electrons. The Morgan fingerprint density at radius 2 is 1.72 bits per heavy atom. The van der Waals surface area contributed by atoms with Gasteiger partial charge in [0.15, 0.2) is 6.54 Å². The maximum Gasteiger partial charge on any atom is 0.279 e. The molecule has 0 fully saturated rings. The molecule has 2 heterocycles. The van der Waals surface area contributed by atoms with E-state index in [1.54, 1.807) is 12.1 Å². The minimum Gasteiger partial charge on any atom is -0.346 e. The third-order valence-electron chi connectivity index (χ3n) is 4.60. The molecule has 1 aromatic heterocycles. The number of fused-ring (bicyclic) bond motifs is 1. The van der Waals surface area contributed by atoms with Crippen LogP contribution in [0.4, 0.5) is 5.82 Å². The highest BCUT2D eigenvalue weighted by Crippen LogP contribution is 2.38. The SMILES string of the molecule is O[C@@]1(c2ccc(Cl)c(Cl)c2)C[n+]2ccccc2N1Cc1ccccc1. The van der Waals surface area contributed by atoms with Crippen LogP contribution in [0.15, 0.2) is 72.9 Å². The Bertz CT molecular complexity index is 917. The molecule has 25 heavy (non-hydrogen) atoms. The van der Waals surface area contributed by atoms with Crippen molar-refractivity contribution in [3.63, 3.8) is 0 Å². The van der Waals surface area contributed by atoms with E-state index in [1.807, 2.05) is 58.1 Å². The van der Waals surface area contributed by atoms with Gasteiger partial charge in [0.25, 0.3) is 11.5 Å². The van der Waals surface area contributed by atoms with E-state index in [0.717, 1.165) is 16.9 Å². The van der Waals surface area contributed by atoms with Crippen LogP contribution in [-0.2, 0) is 18.8 Å². The molecular formula is C20H17Cl2N2O+. The third kappa shape index (κ3) is 2.89. The standard InChI is InChI=1S/C20H17Cl2N2O/c21-17-10-9-16(12-18(17)22)20(25)14-23-11-5-4-8-19(23)24(20)13-15-6-2-1-3-7-15/h1-12,25H,13-14H2/q+1/t20-/m1/s1. The quantitative estimate of drug-likeness (QED) is 0.700. The summed E-state index contributed by atoms with van der Waals surface area (Å²) in [6.07, 6.45) is 1.98. The first-order valence-electron chi connectivity index (χ1n) is 8.06. The predicted molar refractivity (Wildman–Crippen MR) is 99.6 cm³/mol. The lowest BCUT2D eigenvalue weighted by molar-refractivity contribution is -0.683. The molecule has 0 spiro atoms. The second-order valence-electron chi connectivity index (χ2n) is 6.20. The zero-order chi connectivity index (χ0) is 17.4. The predicted octanol–water partition coefficient (Wildman–Crippen LogP) is 4.15. The van der Waals surface area contributed by atoms with Crippen molar-refractivity contribution in [2.24, 2.45) is 0 Å². The lowest BCUT2D eigenvalue weighted by atomic mass is 10.0. The van der Waals surface area contributed by atoms with Crippen LogP contribution >= 0.6 is 23.2 Å². The molecule has 126 valence electrons. The van der Waals surface area contributed by atoms with Gasteiger partial charge in [-0.05, 0) is 23.8 Å². The molecule has 3 aromatic rings. The van der Waals surface area contributed by atoms with Crippen molar-refractivity contribution in [3.8, 4) is 0 Å². The van der Waals surface area contributed by atoms with Crippen molar-refractivity contribution in [2.75, 3.05) is 4.90 Å². The van der Waals surface area contributed by atoms with Gasteiger partial charge in [0.05, 0.1) is 16.2 Å². The molecule has 1 aliphatic rings. The second kappa shape index (κ2) is 6.34. The van der Waals surface area contributed by atoms with Gasteiger partial charge in [-0.2, -0.15) is 0 Å². The zero-order valence-corrected chi connectivity index (χ0v) is 15.0. The molecule has 0 saturated carbocycles. The van der Waals surface area contributed by atoms with E-state index in [4.69, 9.17) is 23.2 Å². The summed E-state index contributed by atoms with van der Waals surface area (Å²) in [5.41, 5.74) is 0.651. The number of rotatable bonds is 3. The third-order valence-corrected chi connectivity index (χ3v) is 5.34. The average molecular weight is 372 g/mol. The van der Waals surface area contributed by atoms with Gasteiger partial charge in [-0.25, -0.2) is 9.47 Å². The normalized spacial score (nSPS) is 19.1. The maximum absolute atomic E-state index is 11.6. The number of hydrogen-bond donors (Lipinski definition) is 1. The van der Waals surface area contributed by atoms with Crippen molar-refractivity contribution in [2.45, 2.75) is 18.8 Å². The molecular weight excluding hydrogens is 355 g/mol. The van der Waals surface area contributed by atoms with E-state index in [-0.39, 0.29) is 0 Å². The van der Waals surface area contributed by atoms with Gasteiger partial charge >= 0.3 is 0 Å². The van der Waals surface area contributed by atoms with Crippen molar-refractivity contribution < 1.29 is 9.67 Å². The number of pyridine rings is 1. The first-order chi connectivity index (χ1) is 12.1. The van der Waals surface area contributed by atoms with Crippen LogP contribution in [0.5, 0.6) is 0 Å². The average Bonchev–Trinajstić information content (AvgIpc) is 2.91. The minimum atomic E-state index is -1.20. The molecule has 5 heteroatoms. The lowest BCUT2D eigenvalue weighted by Crippen LogP contribution is -2.45. The number of aliphatic hydroxyl groups is 1. The molecule has 2 aromatic carbocycles. The molecule has 3 nitrogen and oxygen atoms in total. The number of nitrogens with zero attached hydrogens (tertiary/aromatic N) is 2. The van der Waals surface area contributed by atoms with Gasteiger partial charge in [-0.3, -0.25) is 0 Å². The summed E-state index contributed by atoms with van der Waals surface area (Å²) in [6.45, 7) is 1.01. The van der Waals surface area contributed by atoms with Crippen LogP contribution in [0.25, 0.3) is 0 Å². The summed E-state index contributed by atoms with van der Waals surface area (Å²) in [7, 11) is 0. The van der Waals surface area contributed by atoms with Gasteiger partial charge in [-0.15, -0.1) is 0 Å². The first-order valence-corrected chi connectivity index (χ1v) is 8.81. The molecule has 0 saturated heterocycles. The van der Waals surface area contributed by atoms with E-state index in [2.05, 4.69) is 12.1 Å². The van der Waals surface area contributed by atoms with Crippen molar-refractivity contribution in [3.05, 3.63) is 94.1 Å². The molecule has 0 aliphatic carbocycles. The highest BCUT2D eigenvalue weighted by molar-refractivity contribution is 6.42. The fourth-order valence-corrected chi connectivity index (χ4v) is 3.63. The summed E-state index contributed by atoms with van der Waals surface area (Å²) in [4.78, 5) is 2.00. The monoisotopic (exact) mass is 371 g/mol. The van der Waals surface area contributed by atoms with Crippen molar-refractivity contribution in [1.82, 2.24) is 0 Å². The van der Waals surface area contributed by atoms with Crippen LogP contribution in [0.1, 0.15) is 11.1 Å². The summed E-state index contributed by atoms with van der Waals surface area (Å²) < 4.78 is 2.05. The second-order valence-corrected chi connectivity index (χ2v) is 7.02. The van der Waals surface area contributed by atoms with Crippen LogP contribution < -0.4 is 9.47 Å². The maximum atomic E-state index is 11.6. The largest absolute Gasteiger partial charge is 0.346 e. The highest BCUT2D eigenvalue weighted by atomic mass is 35.5. The molecule has 4 rings (SSSR count). The van der Waals surface area contributed by atoms with Crippen molar-refractivity contribution in [1.29, 1.82) is 0 Å². The number of benzene rings is 2. The zero-order valence-electron chi connectivity index (χ0n) is 13.4. The number of halogens is 2. The van der Waals surface area contributed by atoms with Crippen LogP contribution in [0.2, 0.25) is 10.0 Å². The smallest absolute Gasteiger partial charge is 0.279 e. The molecule has 1 aliphatic heterocycles. The van der Waals surface area contributed by atoms with Gasteiger partial charge in [0, 0.05) is 11.6 Å². The molecule has 1 atom stereocenters. The van der Waals surface area contributed by atoms with E-state index in [9.17, 15) is 5.11 Å². The van der Waals surface area contributed by atoms with Gasteiger partial charge in [0.1, 0.15) is 6.54 Å². The van der Waals surface area contributed by atoms with Crippen molar-refractivity contribution >= 4 is 29.0 Å². The fraction of sp³-hybridized carbons (Fsp3) is 0.150. The van der Waals surface area contributed by atoms with Crippen LogP contribution in [0, 0.1) is 0 Å². The Labute approximate surface area is 156 Å². The first kappa shape index (κ1) is 16.4. The molecule has 0 amide bonds. The molecule has 0 unspecified atom stereocenters. The Hall–Kier alpha value is -2.07. The van der Waals surface area contributed by atoms with E-state index < -0.39 is 5.72 Å². The highest BCUT2D eigenvalue weighted by Gasteiger charge is 2.51. The summed E-state index contributed by atoms with van der Waals surface area (Å²) in [5, 5.41) is 12.5. The minimum absolute atomic E-state index is 0.425. The number of hydrogen-bond acceptors (Lipinski definition) is 2. The Balaban J connectivity index is 1.81. The Kier molecular flexibility index (Phi) is 4.16.